The normalized spacial score (nSPS) is 30.7. The third-order valence-corrected chi connectivity index (χ3v) is 7.44. The van der Waals surface area contributed by atoms with E-state index in [0.717, 1.165) is 4.90 Å². The van der Waals surface area contributed by atoms with Crippen molar-refractivity contribution in [2.75, 3.05) is 13.1 Å². The van der Waals surface area contributed by atoms with Crippen LogP contribution in [0.2, 0.25) is 0 Å². The third kappa shape index (κ3) is 5.06. The van der Waals surface area contributed by atoms with E-state index in [4.69, 9.17) is 0 Å². The molecule has 3 N–H and O–H groups in total. The van der Waals surface area contributed by atoms with Crippen LogP contribution in [0.3, 0.4) is 0 Å². The second kappa shape index (κ2) is 9.28. The maximum Gasteiger partial charge on any atom is 0.471 e. The summed E-state index contributed by atoms with van der Waals surface area (Å²) in [5, 5.41) is 16.0. The van der Waals surface area contributed by atoms with Crippen LogP contribution in [0.5, 0.6) is 0 Å². The van der Waals surface area contributed by atoms with Crippen molar-refractivity contribution in [2.45, 2.75) is 64.6 Å². The van der Waals surface area contributed by atoms with E-state index in [2.05, 4.69) is 10.6 Å². The van der Waals surface area contributed by atoms with Crippen LogP contribution in [-0.4, -0.2) is 72.1 Å². The van der Waals surface area contributed by atoms with Crippen LogP contribution >= 0.6 is 0 Å². The lowest BCUT2D eigenvalue weighted by molar-refractivity contribution is -0.175. The van der Waals surface area contributed by atoms with Gasteiger partial charge in [-0.05, 0) is 29.6 Å². The molecule has 3 fully saturated rings. The van der Waals surface area contributed by atoms with Crippen molar-refractivity contribution in [2.24, 2.45) is 29.1 Å². The largest absolute Gasteiger partial charge is 0.471 e. The van der Waals surface area contributed by atoms with Gasteiger partial charge in [0.15, 0.2) is 0 Å². The summed E-state index contributed by atoms with van der Waals surface area (Å²) in [6, 6.07) is -1.97. The zero-order valence-corrected chi connectivity index (χ0v) is 19.8. The van der Waals surface area contributed by atoms with E-state index in [1.54, 1.807) is 5.32 Å². The smallest absolute Gasteiger partial charge is 0.353 e. The molecule has 4 amide bonds. The molecule has 1 saturated carbocycles. The molecule has 13 heteroatoms. The van der Waals surface area contributed by atoms with Gasteiger partial charge in [-0.1, -0.05) is 27.7 Å². The number of rotatable bonds is 7. The van der Waals surface area contributed by atoms with Crippen LogP contribution in [0.25, 0.3) is 0 Å². The van der Waals surface area contributed by atoms with Crippen molar-refractivity contribution < 1.29 is 36.7 Å². The first kappa shape index (κ1) is 26.7. The number of amides is 4. The van der Waals surface area contributed by atoms with E-state index in [0.29, 0.717) is 0 Å². The van der Waals surface area contributed by atoms with Crippen molar-refractivity contribution in [3.8, 4) is 6.07 Å². The van der Waals surface area contributed by atoms with Crippen molar-refractivity contribution >= 4 is 23.6 Å². The standard InChI is InChI=1S/C22H29F4N5O4/c1-9(2)15(30-20(35)22(24,25)26)19(34)31-8-12-14(21(12,3)4)16(31)18(33)29-10(6-27)5-11-13(23)7-28-17(11)32/h9-16H,5,7-8H2,1-4H3,(H,28,32)(H,29,33)(H,30,35)/t10-,11+,12-,13+,14-,15-,16-/m0/s1. The topological polar surface area (TPSA) is 131 Å². The van der Waals surface area contributed by atoms with Gasteiger partial charge in [-0.3, -0.25) is 19.2 Å². The minimum Gasteiger partial charge on any atom is -0.353 e. The zero-order chi connectivity index (χ0) is 26.5. The predicted molar refractivity (Wildman–Crippen MR) is 113 cm³/mol. The molecule has 3 rings (SSSR count). The molecule has 1 aliphatic carbocycles. The van der Waals surface area contributed by atoms with E-state index in [1.165, 1.54) is 13.8 Å². The summed E-state index contributed by atoms with van der Waals surface area (Å²) >= 11 is 0. The summed E-state index contributed by atoms with van der Waals surface area (Å²) in [6.45, 7) is 6.66. The summed E-state index contributed by atoms with van der Waals surface area (Å²) in [5.41, 5.74) is -0.321. The van der Waals surface area contributed by atoms with Crippen molar-refractivity contribution in [1.82, 2.24) is 20.9 Å². The Morgan fingerprint density at radius 3 is 2.37 bits per heavy atom. The van der Waals surface area contributed by atoms with Gasteiger partial charge < -0.3 is 20.9 Å². The highest BCUT2D eigenvalue weighted by atomic mass is 19.4. The molecule has 2 heterocycles. The highest BCUT2D eigenvalue weighted by molar-refractivity contribution is 5.94. The molecule has 0 bridgehead atoms. The fraction of sp³-hybridized carbons (Fsp3) is 0.773. The molecule has 194 valence electrons. The SMILES string of the molecule is CC(C)[C@H](NC(=O)C(F)(F)F)C(=O)N1C[C@H]2[C@@H]([C@H]1C(=O)N[C@H](C#N)C[C@H]1C(=O)NC[C@H]1F)C2(C)C. The second-order valence-corrected chi connectivity index (χ2v) is 10.4. The van der Waals surface area contributed by atoms with E-state index in [9.17, 15) is 42.0 Å². The van der Waals surface area contributed by atoms with Crippen molar-refractivity contribution in [3.63, 3.8) is 0 Å². The first-order valence-corrected chi connectivity index (χ1v) is 11.4. The van der Waals surface area contributed by atoms with Crippen molar-refractivity contribution in [3.05, 3.63) is 0 Å². The van der Waals surface area contributed by atoms with Crippen LogP contribution < -0.4 is 16.0 Å². The lowest BCUT2D eigenvalue weighted by Crippen LogP contribution is -2.59. The Kier molecular flexibility index (Phi) is 7.07. The third-order valence-electron chi connectivity index (χ3n) is 7.44. The molecule has 0 radical (unpaired) electrons. The summed E-state index contributed by atoms with van der Waals surface area (Å²) in [6.07, 6.45) is -6.94. The minimum atomic E-state index is -5.18. The van der Waals surface area contributed by atoms with Gasteiger partial charge >= 0.3 is 12.1 Å². The molecule has 7 atom stereocenters. The number of nitriles is 1. The lowest BCUT2D eigenvalue weighted by Gasteiger charge is -2.34. The van der Waals surface area contributed by atoms with E-state index >= 15 is 0 Å². The molecular weight excluding hydrogens is 474 g/mol. The summed E-state index contributed by atoms with van der Waals surface area (Å²) in [4.78, 5) is 51.0. The Bertz CT molecular complexity index is 947. The van der Waals surface area contributed by atoms with E-state index < -0.39 is 65.9 Å². The molecule has 0 unspecified atom stereocenters. The first-order valence-electron chi connectivity index (χ1n) is 11.4. The molecule has 0 aromatic rings. The van der Waals surface area contributed by atoms with Gasteiger partial charge in [-0.2, -0.15) is 18.4 Å². The Morgan fingerprint density at radius 2 is 1.89 bits per heavy atom. The zero-order valence-electron chi connectivity index (χ0n) is 19.8. The van der Waals surface area contributed by atoms with Gasteiger partial charge in [0, 0.05) is 13.1 Å². The quantitative estimate of drug-likeness (QED) is 0.439. The number of piperidine rings is 1. The monoisotopic (exact) mass is 503 g/mol. The predicted octanol–water partition coefficient (Wildman–Crippen LogP) is 0.655. The second-order valence-electron chi connectivity index (χ2n) is 10.4. The molecule has 0 aromatic heterocycles. The number of hydrogen-bond acceptors (Lipinski definition) is 5. The number of carbonyl (C=O) groups is 4. The molecule has 3 aliphatic rings. The summed E-state index contributed by atoms with van der Waals surface area (Å²) in [5.74, 6) is -6.55. The van der Waals surface area contributed by atoms with Gasteiger partial charge in [0.1, 0.15) is 24.3 Å². The van der Waals surface area contributed by atoms with Gasteiger partial charge in [-0.25, -0.2) is 4.39 Å². The Morgan fingerprint density at radius 1 is 1.26 bits per heavy atom. The highest BCUT2D eigenvalue weighted by Crippen LogP contribution is 2.65. The molecular formula is C22H29F4N5O4. The maximum atomic E-state index is 14.0. The lowest BCUT2D eigenvalue weighted by atomic mass is 9.95. The molecule has 2 aliphatic heterocycles. The summed E-state index contributed by atoms with van der Waals surface area (Å²) in [7, 11) is 0. The van der Waals surface area contributed by atoms with Gasteiger partial charge in [-0.15, -0.1) is 0 Å². The van der Waals surface area contributed by atoms with Crippen LogP contribution in [0, 0.1) is 40.4 Å². The minimum absolute atomic E-state index is 0.0929. The number of fused-ring (bicyclic) bond motifs is 1. The number of nitrogens with one attached hydrogen (secondary N) is 3. The van der Waals surface area contributed by atoms with E-state index in [1.807, 2.05) is 19.9 Å². The van der Waals surface area contributed by atoms with Crippen LogP contribution in [0.4, 0.5) is 17.6 Å². The Hall–Kier alpha value is -2.91. The number of carbonyl (C=O) groups excluding carboxylic acids is 4. The number of nitrogens with zero attached hydrogens (tertiary/aromatic N) is 2. The van der Waals surface area contributed by atoms with Crippen LogP contribution in [-0.2, 0) is 19.2 Å². The van der Waals surface area contributed by atoms with Gasteiger partial charge in [0.2, 0.25) is 17.7 Å². The van der Waals surface area contributed by atoms with Gasteiger partial charge in [0.25, 0.3) is 0 Å². The van der Waals surface area contributed by atoms with Gasteiger partial charge in [0.05, 0.1) is 12.0 Å². The molecule has 0 spiro atoms. The molecule has 0 aromatic carbocycles. The maximum absolute atomic E-state index is 14.0. The Labute approximate surface area is 199 Å². The average Bonchev–Trinajstić information content (AvgIpc) is 3.07. The molecule has 9 nitrogen and oxygen atoms in total. The Balaban J connectivity index is 1.78. The molecule has 35 heavy (non-hydrogen) atoms. The fourth-order valence-corrected chi connectivity index (χ4v) is 5.27. The molecule has 2 saturated heterocycles. The van der Waals surface area contributed by atoms with Crippen LogP contribution in [0.1, 0.15) is 34.1 Å². The average molecular weight is 503 g/mol. The highest BCUT2D eigenvalue weighted by Gasteiger charge is 2.69. The van der Waals surface area contributed by atoms with Crippen molar-refractivity contribution in [1.29, 1.82) is 5.26 Å². The number of halogens is 4. The van der Waals surface area contributed by atoms with Crippen LogP contribution in [0.15, 0.2) is 0 Å². The van der Waals surface area contributed by atoms with E-state index in [-0.39, 0.29) is 36.8 Å². The summed E-state index contributed by atoms with van der Waals surface area (Å²) < 4.78 is 52.4. The first-order chi connectivity index (χ1) is 16.1. The number of alkyl halides is 4. The fourth-order valence-electron chi connectivity index (χ4n) is 5.27. The number of likely N-dealkylation sites (tertiary alicyclic amines) is 1. The number of hydrogen-bond donors (Lipinski definition) is 3.